The SMILES string of the molecule is CC(C)(C)CCC1C(=O)Nc2ccc(OC(F)(F)F)cc21. The van der Waals surface area contributed by atoms with Crippen LogP contribution in [0.1, 0.15) is 45.1 Å². The summed E-state index contributed by atoms with van der Waals surface area (Å²) in [6, 6.07) is 3.96. The second-order valence-electron chi connectivity index (χ2n) is 6.44. The number of amides is 1. The molecule has 116 valence electrons. The van der Waals surface area contributed by atoms with Crippen LogP contribution in [0.15, 0.2) is 18.2 Å². The fraction of sp³-hybridized carbons (Fsp3) is 0.533. The van der Waals surface area contributed by atoms with E-state index in [0.29, 0.717) is 17.7 Å². The van der Waals surface area contributed by atoms with Crippen LogP contribution in [-0.4, -0.2) is 12.3 Å². The van der Waals surface area contributed by atoms with Crippen molar-refractivity contribution in [3.05, 3.63) is 23.8 Å². The van der Waals surface area contributed by atoms with Crippen LogP contribution in [0.4, 0.5) is 18.9 Å². The number of hydrogen-bond acceptors (Lipinski definition) is 2. The Morgan fingerprint density at radius 1 is 1.24 bits per heavy atom. The maximum absolute atomic E-state index is 12.3. The number of hydrogen-bond donors (Lipinski definition) is 1. The topological polar surface area (TPSA) is 38.3 Å². The lowest BCUT2D eigenvalue weighted by Gasteiger charge is -2.20. The van der Waals surface area contributed by atoms with E-state index in [1.54, 1.807) is 0 Å². The summed E-state index contributed by atoms with van der Waals surface area (Å²) >= 11 is 0. The quantitative estimate of drug-likeness (QED) is 0.896. The molecule has 1 amide bonds. The third kappa shape index (κ3) is 4.12. The summed E-state index contributed by atoms with van der Waals surface area (Å²) in [4.78, 5) is 12.0. The molecule has 3 nitrogen and oxygen atoms in total. The van der Waals surface area contributed by atoms with Gasteiger partial charge in [0.2, 0.25) is 5.91 Å². The number of benzene rings is 1. The number of nitrogens with one attached hydrogen (secondary N) is 1. The summed E-state index contributed by atoms with van der Waals surface area (Å²) in [5.41, 5.74) is 1.20. The van der Waals surface area contributed by atoms with Gasteiger partial charge in [-0.1, -0.05) is 20.8 Å². The molecule has 1 N–H and O–H groups in total. The van der Waals surface area contributed by atoms with E-state index >= 15 is 0 Å². The lowest BCUT2D eigenvalue weighted by molar-refractivity contribution is -0.274. The maximum Gasteiger partial charge on any atom is 0.573 e. The Labute approximate surface area is 121 Å². The summed E-state index contributed by atoms with van der Waals surface area (Å²) < 4.78 is 40.7. The predicted molar refractivity (Wildman–Crippen MR) is 73.2 cm³/mol. The van der Waals surface area contributed by atoms with E-state index in [-0.39, 0.29) is 17.1 Å². The predicted octanol–water partition coefficient (Wildman–Crippen LogP) is 4.45. The molecule has 0 bridgehead atoms. The molecule has 1 aliphatic rings. The Bertz CT molecular complexity index is 547. The number of ether oxygens (including phenoxy) is 1. The van der Waals surface area contributed by atoms with E-state index < -0.39 is 12.3 Å². The first-order valence-corrected chi connectivity index (χ1v) is 6.76. The average molecular weight is 301 g/mol. The fourth-order valence-corrected chi connectivity index (χ4v) is 2.37. The summed E-state index contributed by atoms with van der Waals surface area (Å²) in [7, 11) is 0. The van der Waals surface area contributed by atoms with Crippen molar-refractivity contribution in [3.8, 4) is 5.75 Å². The van der Waals surface area contributed by atoms with Crippen LogP contribution < -0.4 is 10.1 Å². The molecule has 1 aromatic rings. The molecule has 6 heteroatoms. The van der Waals surface area contributed by atoms with Crippen LogP contribution in [0.5, 0.6) is 5.75 Å². The van der Waals surface area contributed by atoms with E-state index in [1.165, 1.54) is 18.2 Å². The van der Waals surface area contributed by atoms with Gasteiger partial charge in [0.05, 0.1) is 5.92 Å². The van der Waals surface area contributed by atoms with E-state index in [0.717, 1.165) is 6.42 Å². The van der Waals surface area contributed by atoms with Crippen molar-refractivity contribution < 1.29 is 22.7 Å². The number of carbonyl (C=O) groups excluding carboxylic acids is 1. The van der Waals surface area contributed by atoms with E-state index in [1.807, 2.05) is 0 Å². The summed E-state index contributed by atoms with van der Waals surface area (Å²) in [6.07, 6.45) is -3.34. The average Bonchev–Trinajstić information content (AvgIpc) is 2.58. The van der Waals surface area contributed by atoms with Gasteiger partial charge in [0.15, 0.2) is 0 Å². The van der Waals surface area contributed by atoms with Gasteiger partial charge in [-0.15, -0.1) is 13.2 Å². The first kappa shape index (κ1) is 15.7. The Balaban J connectivity index is 2.21. The molecule has 0 radical (unpaired) electrons. The first-order chi connectivity index (χ1) is 9.55. The van der Waals surface area contributed by atoms with Crippen molar-refractivity contribution in [2.45, 2.75) is 45.9 Å². The molecular formula is C15H18F3NO2. The molecule has 0 spiro atoms. The highest BCUT2D eigenvalue weighted by Crippen LogP contribution is 2.40. The zero-order chi connectivity index (χ0) is 15.8. The van der Waals surface area contributed by atoms with Crippen molar-refractivity contribution in [2.75, 3.05) is 5.32 Å². The minimum absolute atomic E-state index is 0.0586. The Morgan fingerprint density at radius 3 is 2.48 bits per heavy atom. The van der Waals surface area contributed by atoms with Crippen molar-refractivity contribution in [2.24, 2.45) is 5.41 Å². The van der Waals surface area contributed by atoms with Crippen LogP contribution >= 0.6 is 0 Å². The van der Waals surface area contributed by atoms with Crippen LogP contribution in [0.25, 0.3) is 0 Å². The number of rotatable bonds is 3. The monoisotopic (exact) mass is 301 g/mol. The van der Waals surface area contributed by atoms with Gasteiger partial charge in [-0.25, -0.2) is 0 Å². The lowest BCUT2D eigenvalue weighted by Crippen LogP contribution is -2.17. The molecule has 0 saturated carbocycles. The zero-order valence-corrected chi connectivity index (χ0v) is 12.2. The Morgan fingerprint density at radius 2 is 1.90 bits per heavy atom. The zero-order valence-electron chi connectivity index (χ0n) is 12.2. The summed E-state index contributed by atoms with van der Waals surface area (Å²) in [5.74, 6) is -0.882. The van der Waals surface area contributed by atoms with Gasteiger partial charge in [0.25, 0.3) is 0 Å². The second-order valence-corrected chi connectivity index (χ2v) is 6.44. The van der Waals surface area contributed by atoms with Gasteiger partial charge in [-0.05, 0) is 42.0 Å². The van der Waals surface area contributed by atoms with Gasteiger partial charge in [-0.3, -0.25) is 4.79 Å². The number of anilines is 1. The fourth-order valence-electron chi connectivity index (χ4n) is 2.37. The number of halogens is 3. The van der Waals surface area contributed by atoms with Crippen LogP contribution in [0, 0.1) is 5.41 Å². The summed E-state index contributed by atoms with van der Waals surface area (Å²) in [6.45, 7) is 6.18. The lowest BCUT2D eigenvalue weighted by atomic mass is 9.85. The van der Waals surface area contributed by atoms with Gasteiger partial charge >= 0.3 is 6.36 Å². The molecule has 1 aromatic carbocycles. The van der Waals surface area contributed by atoms with E-state index in [9.17, 15) is 18.0 Å². The molecule has 0 saturated heterocycles. The number of alkyl halides is 3. The molecular weight excluding hydrogens is 283 g/mol. The highest BCUT2D eigenvalue weighted by Gasteiger charge is 2.34. The molecule has 1 heterocycles. The van der Waals surface area contributed by atoms with E-state index in [2.05, 4.69) is 30.8 Å². The minimum Gasteiger partial charge on any atom is -0.406 e. The Kier molecular flexibility index (Phi) is 3.91. The molecule has 1 unspecified atom stereocenters. The molecule has 0 aliphatic carbocycles. The van der Waals surface area contributed by atoms with Gasteiger partial charge in [0.1, 0.15) is 5.75 Å². The van der Waals surface area contributed by atoms with Gasteiger partial charge < -0.3 is 10.1 Å². The third-order valence-electron chi connectivity index (χ3n) is 3.39. The standard InChI is InChI=1S/C15H18F3NO2/c1-14(2,3)7-6-10-11-8-9(21-15(16,17)18)4-5-12(11)19-13(10)20/h4-5,8,10H,6-7H2,1-3H3,(H,19,20). The number of fused-ring (bicyclic) bond motifs is 1. The van der Waals surface area contributed by atoms with Gasteiger partial charge in [0, 0.05) is 5.69 Å². The Hall–Kier alpha value is -1.72. The van der Waals surface area contributed by atoms with Crippen molar-refractivity contribution in [1.82, 2.24) is 0 Å². The van der Waals surface area contributed by atoms with Crippen LogP contribution in [-0.2, 0) is 4.79 Å². The van der Waals surface area contributed by atoms with Crippen LogP contribution in [0.3, 0.4) is 0 Å². The molecule has 0 fully saturated rings. The van der Waals surface area contributed by atoms with E-state index in [4.69, 9.17) is 0 Å². The van der Waals surface area contributed by atoms with Gasteiger partial charge in [-0.2, -0.15) is 0 Å². The minimum atomic E-state index is -4.73. The smallest absolute Gasteiger partial charge is 0.406 e. The van der Waals surface area contributed by atoms with Crippen LogP contribution in [0.2, 0.25) is 0 Å². The third-order valence-corrected chi connectivity index (χ3v) is 3.39. The molecule has 21 heavy (non-hydrogen) atoms. The molecule has 0 aromatic heterocycles. The van der Waals surface area contributed by atoms with Crippen molar-refractivity contribution in [3.63, 3.8) is 0 Å². The largest absolute Gasteiger partial charge is 0.573 e. The first-order valence-electron chi connectivity index (χ1n) is 6.76. The molecule has 1 atom stereocenters. The highest BCUT2D eigenvalue weighted by molar-refractivity contribution is 6.03. The molecule has 1 aliphatic heterocycles. The maximum atomic E-state index is 12.3. The van der Waals surface area contributed by atoms with Crippen molar-refractivity contribution in [1.29, 1.82) is 0 Å². The normalized spacial score (nSPS) is 18.4. The van der Waals surface area contributed by atoms with Crippen molar-refractivity contribution >= 4 is 11.6 Å². The molecule has 2 rings (SSSR count). The second kappa shape index (κ2) is 5.24. The highest BCUT2D eigenvalue weighted by atomic mass is 19.4. The summed E-state index contributed by atoms with van der Waals surface area (Å²) in [5, 5.41) is 2.70. The number of carbonyl (C=O) groups is 1.